The van der Waals surface area contributed by atoms with Crippen molar-refractivity contribution in [3.8, 4) is 17.2 Å². The molecule has 1 N–H and O–H groups in total. The number of hydrogen-bond acceptors (Lipinski definition) is 7. The van der Waals surface area contributed by atoms with E-state index in [9.17, 15) is 14.4 Å². The van der Waals surface area contributed by atoms with Gasteiger partial charge in [0.05, 0.1) is 44.0 Å². The number of benzene rings is 3. The molecule has 0 aliphatic carbocycles. The fourth-order valence-electron chi connectivity index (χ4n) is 5.06. The number of hydrazine groups is 1. The van der Waals surface area contributed by atoms with Gasteiger partial charge in [0.15, 0.2) is 11.5 Å². The quantitative estimate of drug-likeness (QED) is 0.380. The molecule has 2 heterocycles. The highest BCUT2D eigenvalue weighted by Gasteiger charge is 2.61. The average molecular weight is 635 g/mol. The van der Waals surface area contributed by atoms with Crippen molar-refractivity contribution in [2.45, 2.75) is 12.1 Å². The maximum Gasteiger partial charge on any atom is 0.268 e. The van der Waals surface area contributed by atoms with Crippen molar-refractivity contribution in [2.75, 3.05) is 26.2 Å². The highest BCUT2D eigenvalue weighted by molar-refractivity contribution is 9.10. The number of hydrogen-bond donors (Lipinski definition) is 1. The molecule has 2 aliphatic heterocycles. The second kappa shape index (κ2) is 10.7. The summed E-state index contributed by atoms with van der Waals surface area (Å²) in [5.41, 5.74) is 4.11. The van der Waals surface area contributed by atoms with Crippen molar-refractivity contribution in [1.82, 2.24) is 10.4 Å². The first kappa shape index (κ1) is 27.3. The number of imide groups is 1. The van der Waals surface area contributed by atoms with E-state index in [0.717, 1.165) is 4.90 Å². The number of carbonyl (C=O) groups is 3. The monoisotopic (exact) mass is 633 g/mol. The van der Waals surface area contributed by atoms with E-state index < -0.39 is 35.7 Å². The highest BCUT2D eigenvalue weighted by Crippen LogP contribution is 2.49. The lowest BCUT2D eigenvalue weighted by Crippen LogP contribution is -2.48. The minimum Gasteiger partial charge on any atom is -0.493 e. The van der Waals surface area contributed by atoms with E-state index in [2.05, 4.69) is 21.4 Å². The zero-order valence-corrected chi connectivity index (χ0v) is 24.0. The fourth-order valence-corrected chi connectivity index (χ4v) is 5.96. The predicted octanol–water partition coefficient (Wildman–Crippen LogP) is 5.04. The Morgan fingerprint density at radius 1 is 0.923 bits per heavy atom. The summed E-state index contributed by atoms with van der Waals surface area (Å²) in [6.07, 6.45) is 0. The Bertz CT molecular complexity index is 1500. The minimum absolute atomic E-state index is 0.127. The first-order valence-corrected chi connectivity index (χ1v) is 13.2. The van der Waals surface area contributed by atoms with Crippen LogP contribution in [0.2, 0.25) is 10.0 Å². The number of halogens is 3. The van der Waals surface area contributed by atoms with Crippen LogP contribution < -0.4 is 24.5 Å². The third kappa shape index (κ3) is 4.51. The molecule has 0 aromatic heterocycles. The van der Waals surface area contributed by atoms with Gasteiger partial charge in [-0.05, 0) is 48.5 Å². The van der Waals surface area contributed by atoms with E-state index in [1.165, 1.54) is 44.5 Å². The van der Waals surface area contributed by atoms with Crippen molar-refractivity contribution in [1.29, 1.82) is 0 Å². The normalized spacial score (nSPS) is 20.3. The fraction of sp³-hybridized carbons (Fsp3) is 0.222. The van der Waals surface area contributed by atoms with Crippen LogP contribution in [-0.2, 0) is 9.59 Å². The lowest BCUT2D eigenvalue weighted by molar-refractivity contribution is -0.123. The van der Waals surface area contributed by atoms with E-state index in [1.54, 1.807) is 36.4 Å². The Morgan fingerprint density at radius 2 is 1.67 bits per heavy atom. The molecule has 0 bridgehead atoms. The molecule has 2 fully saturated rings. The van der Waals surface area contributed by atoms with Crippen molar-refractivity contribution in [2.24, 2.45) is 5.92 Å². The molecular weight excluding hydrogens is 613 g/mol. The van der Waals surface area contributed by atoms with Gasteiger partial charge in [-0.3, -0.25) is 19.4 Å². The molecular formula is C27H22BrCl2N3O6. The summed E-state index contributed by atoms with van der Waals surface area (Å²) in [6, 6.07) is 12.6. The maximum atomic E-state index is 14.0. The Kier molecular flexibility index (Phi) is 7.47. The van der Waals surface area contributed by atoms with Gasteiger partial charge in [0.2, 0.25) is 11.7 Å². The van der Waals surface area contributed by atoms with Crippen LogP contribution in [0.4, 0.5) is 5.69 Å². The highest BCUT2D eigenvalue weighted by atomic mass is 79.9. The Labute approximate surface area is 242 Å². The Balaban J connectivity index is 1.66. The number of nitrogens with one attached hydrogen (secondary N) is 1. The summed E-state index contributed by atoms with van der Waals surface area (Å²) in [7, 11) is 4.41. The molecule has 3 aromatic rings. The van der Waals surface area contributed by atoms with E-state index >= 15 is 0 Å². The number of anilines is 1. The van der Waals surface area contributed by atoms with Gasteiger partial charge in [-0.15, -0.1) is 0 Å². The summed E-state index contributed by atoms with van der Waals surface area (Å²) < 4.78 is 17.3. The van der Waals surface area contributed by atoms with Crippen LogP contribution in [0.3, 0.4) is 0 Å². The maximum absolute atomic E-state index is 14.0. The predicted molar refractivity (Wildman–Crippen MR) is 149 cm³/mol. The summed E-state index contributed by atoms with van der Waals surface area (Å²) >= 11 is 15.8. The van der Waals surface area contributed by atoms with Gasteiger partial charge in [-0.25, -0.2) is 10.3 Å². The Morgan fingerprint density at radius 3 is 2.31 bits per heavy atom. The van der Waals surface area contributed by atoms with Crippen LogP contribution in [0.1, 0.15) is 22.0 Å². The van der Waals surface area contributed by atoms with Gasteiger partial charge >= 0.3 is 0 Å². The number of ether oxygens (including phenoxy) is 3. The molecule has 3 aromatic carbocycles. The van der Waals surface area contributed by atoms with Crippen LogP contribution in [0.25, 0.3) is 0 Å². The van der Waals surface area contributed by atoms with Crippen molar-refractivity contribution in [3.05, 3.63) is 80.2 Å². The van der Waals surface area contributed by atoms with E-state index in [1.807, 2.05) is 0 Å². The van der Waals surface area contributed by atoms with E-state index in [-0.39, 0.29) is 10.7 Å². The molecule has 0 unspecified atom stereocenters. The first-order chi connectivity index (χ1) is 18.7. The third-order valence-corrected chi connectivity index (χ3v) is 7.78. The van der Waals surface area contributed by atoms with Gasteiger partial charge in [-0.1, -0.05) is 45.2 Å². The lowest BCUT2D eigenvalue weighted by Gasteiger charge is -2.26. The van der Waals surface area contributed by atoms with E-state index in [4.69, 9.17) is 37.4 Å². The van der Waals surface area contributed by atoms with E-state index in [0.29, 0.717) is 37.9 Å². The molecule has 202 valence electrons. The second-order valence-electron chi connectivity index (χ2n) is 8.79. The number of carbonyl (C=O) groups excluding carboxylic acids is 3. The van der Waals surface area contributed by atoms with Crippen molar-refractivity contribution < 1.29 is 28.6 Å². The summed E-state index contributed by atoms with van der Waals surface area (Å²) in [5, 5.41) is 1.68. The smallest absolute Gasteiger partial charge is 0.268 e. The summed E-state index contributed by atoms with van der Waals surface area (Å²) in [5.74, 6) is -1.61. The molecule has 3 atom stereocenters. The zero-order valence-electron chi connectivity index (χ0n) is 20.9. The third-order valence-electron chi connectivity index (χ3n) is 6.75. The molecule has 5 rings (SSSR count). The largest absolute Gasteiger partial charge is 0.493 e. The molecule has 0 saturated carbocycles. The van der Waals surface area contributed by atoms with Gasteiger partial charge in [-0.2, -0.15) is 0 Å². The number of amides is 3. The van der Waals surface area contributed by atoms with Gasteiger partial charge in [0.1, 0.15) is 6.04 Å². The standard InChI is InChI=1S/C27H22BrCl2N3O6/c1-37-19-10-8-16(23(38-2)24(19)39-3)21-20-22(33(31-21)25(34)13-5-4-6-14(28)11-13)27(36)32(26(20)35)18-9-7-15(29)12-17(18)30/h4-12,20-22,31H,1-3H3/t20-,21-,22-/m0/s1. The average Bonchev–Trinajstić information content (AvgIpc) is 3.43. The molecule has 12 heteroatoms. The van der Waals surface area contributed by atoms with Gasteiger partial charge < -0.3 is 14.2 Å². The van der Waals surface area contributed by atoms with Crippen LogP contribution in [0, 0.1) is 5.92 Å². The zero-order chi connectivity index (χ0) is 28.0. The molecule has 2 saturated heterocycles. The molecule has 0 radical (unpaired) electrons. The van der Waals surface area contributed by atoms with Crippen molar-refractivity contribution in [3.63, 3.8) is 0 Å². The molecule has 2 aliphatic rings. The number of rotatable bonds is 6. The minimum atomic E-state index is -1.17. The molecule has 9 nitrogen and oxygen atoms in total. The molecule has 3 amide bonds. The summed E-state index contributed by atoms with van der Waals surface area (Å²) in [6.45, 7) is 0. The van der Waals surface area contributed by atoms with Crippen molar-refractivity contribution >= 4 is 62.5 Å². The van der Waals surface area contributed by atoms with Crippen LogP contribution in [-0.4, -0.2) is 50.1 Å². The SMILES string of the molecule is COc1ccc([C@@H]2NN(C(=O)c3cccc(Br)c3)[C@@H]3C(=O)N(c4ccc(Cl)cc4Cl)C(=O)[C@H]32)c(OC)c1OC. The van der Waals surface area contributed by atoms with Crippen LogP contribution in [0.15, 0.2) is 59.1 Å². The summed E-state index contributed by atoms with van der Waals surface area (Å²) in [4.78, 5) is 42.6. The Hall–Kier alpha value is -3.31. The number of nitrogens with zero attached hydrogens (tertiary/aromatic N) is 2. The molecule has 39 heavy (non-hydrogen) atoms. The van der Waals surface area contributed by atoms with Crippen LogP contribution >= 0.6 is 39.1 Å². The van der Waals surface area contributed by atoms with Crippen LogP contribution in [0.5, 0.6) is 17.2 Å². The first-order valence-electron chi connectivity index (χ1n) is 11.7. The second-order valence-corrected chi connectivity index (χ2v) is 10.6. The topological polar surface area (TPSA) is 97.4 Å². The van der Waals surface area contributed by atoms with Gasteiger partial charge in [0, 0.05) is 20.6 Å². The number of fused-ring (bicyclic) bond motifs is 1. The number of methoxy groups -OCH3 is 3. The van der Waals surface area contributed by atoms with Gasteiger partial charge in [0.25, 0.3) is 11.8 Å². The molecule has 0 spiro atoms. The lowest BCUT2D eigenvalue weighted by atomic mass is 9.90.